The Morgan fingerprint density at radius 2 is 1.82 bits per heavy atom. The molecule has 0 unspecified atom stereocenters. The van der Waals surface area contributed by atoms with E-state index in [0.29, 0.717) is 0 Å². The Kier molecular flexibility index (Phi) is 4.78. The van der Waals surface area contributed by atoms with E-state index in [0.717, 1.165) is 18.3 Å². The molecule has 0 atom stereocenters. The zero-order valence-corrected chi connectivity index (χ0v) is 7.83. The molecule has 1 heterocycles. The molecule has 0 aliphatic carbocycles. The molecule has 1 aromatic heterocycles. The zero-order chi connectivity index (χ0) is 13.6. The van der Waals surface area contributed by atoms with Crippen LogP contribution in [0.2, 0.25) is 0 Å². The number of nitro groups is 1. The first-order chi connectivity index (χ1) is 7.65. The van der Waals surface area contributed by atoms with Gasteiger partial charge in [-0.2, -0.15) is 0 Å². The van der Waals surface area contributed by atoms with Crippen LogP contribution >= 0.6 is 0 Å². The van der Waals surface area contributed by atoms with Crippen molar-refractivity contribution in [2.24, 2.45) is 0 Å². The van der Waals surface area contributed by atoms with Crippen LogP contribution in [0.4, 0.5) is 28.8 Å². The predicted molar refractivity (Wildman–Crippen MR) is 47.0 cm³/mol. The van der Waals surface area contributed by atoms with Gasteiger partial charge in [0.15, 0.2) is 0 Å². The van der Waals surface area contributed by atoms with Crippen molar-refractivity contribution in [3.8, 4) is 0 Å². The van der Waals surface area contributed by atoms with Gasteiger partial charge in [-0.05, 0) is 0 Å². The van der Waals surface area contributed by atoms with Gasteiger partial charge in [-0.3, -0.25) is 10.1 Å². The van der Waals surface area contributed by atoms with Crippen LogP contribution in [-0.2, 0) is 0 Å². The van der Waals surface area contributed by atoms with Crippen molar-refractivity contribution in [2.45, 2.75) is 0 Å². The van der Waals surface area contributed by atoms with E-state index in [1.807, 2.05) is 0 Å². The third kappa shape index (κ3) is 6.60. The highest BCUT2D eigenvalue weighted by atomic mass is 19.5. The van der Waals surface area contributed by atoms with Gasteiger partial charge >= 0.3 is 18.8 Å². The van der Waals surface area contributed by atoms with Gasteiger partial charge in [-0.1, -0.05) is 4.73 Å². The fourth-order valence-corrected chi connectivity index (χ4v) is 0.648. The molecule has 92 valence electrons. The first kappa shape index (κ1) is 14.6. The van der Waals surface area contributed by atoms with E-state index in [9.17, 15) is 32.6 Å². The summed E-state index contributed by atoms with van der Waals surface area (Å²) < 4.78 is 39.1. The third-order valence-corrected chi connectivity index (χ3v) is 1.19. The van der Waals surface area contributed by atoms with E-state index in [2.05, 4.69) is 4.98 Å². The van der Waals surface area contributed by atoms with E-state index < -0.39 is 12.2 Å². The van der Waals surface area contributed by atoms with Crippen LogP contribution in [-0.4, -0.2) is 12.2 Å². The summed E-state index contributed by atoms with van der Waals surface area (Å²) in [5.74, 6) is -0.291. The van der Waals surface area contributed by atoms with Crippen LogP contribution in [0, 0.1) is 20.7 Å². The van der Waals surface area contributed by atoms with Gasteiger partial charge in [0.25, 0.3) is 6.20 Å². The minimum Gasteiger partial charge on any atom is -0.613 e. The summed E-state index contributed by atoms with van der Waals surface area (Å²) in [7, 11) is -6.00. The molecule has 1 aromatic rings. The molecule has 0 saturated heterocycles. The number of hydrogen-bond donors (Lipinski definition) is 0. The topological polar surface area (TPSA) is 98.2 Å². The Hall–Kier alpha value is -2.45. The zero-order valence-electron chi connectivity index (χ0n) is 7.83. The number of diazo groups is 1. The quantitative estimate of drug-likeness (QED) is 0.145. The molecular weight excluding hydrogens is 251 g/mol. The van der Waals surface area contributed by atoms with E-state index >= 15 is 0 Å². The molecule has 0 aliphatic rings. The van der Waals surface area contributed by atoms with E-state index in [1.165, 1.54) is 0 Å². The molecule has 1 rings (SSSR count). The molecule has 0 radical (unpaired) electrons. The number of aromatic nitrogens is 1. The minimum atomic E-state index is -6.00. The number of halogens is 4. The maximum Gasteiger partial charge on any atom is 0.673 e. The molecule has 0 saturated carbocycles. The second-order valence-corrected chi connectivity index (χ2v) is 2.42. The normalized spacial score (nSPS) is 9.82. The van der Waals surface area contributed by atoms with Crippen LogP contribution in [0.3, 0.4) is 0 Å². The van der Waals surface area contributed by atoms with Crippen LogP contribution < -0.4 is 4.73 Å². The average Bonchev–Trinajstić information content (AvgIpc) is 2.14. The van der Waals surface area contributed by atoms with Crippen LogP contribution in [0.25, 0.3) is 4.98 Å². The number of hydrogen-bond acceptors (Lipinski definition) is 4. The lowest BCUT2D eigenvalue weighted by atomic mass is 10.3. The van der Waals surface area contributed by atoms with Gasteiger partial charge in [-0.15, -0.1) is 0 Å². The van der Waals surface area contributed by atoms with Crippen molar-refractivity contribution in [1.82, 2.24) is 0 Å². The first-order valence-corrected chi connectivity index (χ1v) is 3.75. The average molecular weight is 254 g/mol. The maximum atomic E-state index is 10.7. The minimum absolute atomic E-state index is 0.109. The fourth-order valence-electron chi connectivity index (χ4n) is 0.648. The highest BCUT2D eigenvalue weighted by Crippen LogP contribution is 2.11. The molecule has 0 fully saturated rings. The standard InChI is InChI=1S/C5H3N4O3.BF4/c6-7-5-2-1-4(9(11)12)3-8(5)10;2-1(3,4)5/h1-3H;/q+1;-1. The summed E-state index contributed by atoms with van der Waals surface area (Å²) in [4.78, 5) is 12.0. The SMILES string of the molecule is F[B-](F)(F)F.N#[N+]c1ccc([N+](=O)[O-])c[n+]1[O-]. The molecule has 0 bridgehead atoms. The van der Waals surface area contributed by atoms with E-state index in [-0.39, 0.29) is 16.2 Å². The smallest absolute Gasteiger partial charge is 0.613 e. The highest BCUT2D eigenvalue weighted by molar-refractivity contribution is 6.50. The number of rotatable bonds is 1. The Morgan fingerprint density at radius 3 is 2.12 bits per heavy atom. The maximum absolute atomic E-state index is 10.7. The Labute approximate surface area is 90.7 Å². The van der Waals surface area contributed by atoms with Crippen molar-refractivity contribution in [2.75, 3.05) is 0 Å². The third-order valence-electron chi connectivity index (χ3n) is 1.19. The lowest BCUT2D eigenvalue weighted by Gasteiger charge is -1.94. The van der Waals surface area contributed by atoms with Crippen LogP contribution in [0.15, 0.2) is 18.3 Å². The Balaban J connectivity index is 0.000000437. The summed E-state index contributed by atoms with van der Waals surface area (Å²) in [5, 5.41) is 29.0. The summed E-state index contributed by atoms with van der Waals surface area (Å²) in [5.41, 5.74) is -0.350. The second kappa shape index (κ2) is 5.59. The Morgan fingerprint density at radius 1 is 1.35 bits per heavy atom. The summed E-state index contributed by atoms with van der Waals surface area (Å²) in [6, 6.07) is 2.12. The molecule has 17 heavy (non-hydrogen) atoms. The second-order valence-electron chi connectivity index (χ2n) is 2.42. The highest BCUT2D eigenvalue weighted by Gasteiger charge is 2.21. The van der Waals surface area contributed by atoms with Crippen molar-refractivity contribution in [3.63, 3.8) is 0 Å². The molecule has 0 aromatic carbocycles. The van der Waals surface area contributed by atoms with Crippen molar-refractivity contribution < 1.29 is 26.9 Å². The van der Waals surface area contributed by atoms with Gasteiger partial charge in [-0.25, -0.2) is 0 Å². The lowest BCUT2D eigenvalue weighted by molar-refractivity contribution is -0.593. The lowest BCUT2D eigenvalue weighted by Crippen LogP contribution is -2.25. The van der Waals surface area contributed by atoms with Crippen LogP contribution in [0.5, 0.6) is 0 Å². The number of nitrogens with zero attached hydrogens (tertiary/aromatic N) is 4. The molecule has 0 N–H and O–H groups in total. The van der Waals surface area contributed by atoms with Gasteiger partial charge < -0.3 is 22.5 Å². The summed E-state index contributed by atoms with van der Waals surface area (Å²) >= 11 is 0. The molecule has 7 nitrogen and oxygen atoms in total. The van der Waals surface area contributed by atoms with Crippen molar-refractivity contribution in [1.29, 1.82) is 5.39 Å². The molecule has 0 amide bonds. The molecule has 0 spiro atoms. The van der Waals surface area contributed by atoms with Gasteiger partial charge in [0.1, 0.15) is 6.07 Å². The first-order valence-electron chi connectivity index (χ1n) is 3.75. The molecule has 0 aliphatic heterocycles. The van der Waals surface area contributed by atoms with Gasteiger partial charge in [0.2, 0.25) is 10.4 Å². The van der Waals surface area contributed by atoms with E-state index in [4.69, 9.17) is 5.39 Å². The molecular formula is C5H3BF4N4O3. The Bertz CT molecular complexity index is 453. The monoisotopic (exact) mass is 254 g/mol. The predicted octanol–water partition coefficient (Wildman–Crippen LogP) is 2.01. The van der Waals surface area contributed by atoms with Crippen LogP contribution in [0.1, 0.15) is 0 Å². The summed E-state index contributed by atoms with van der Waals surface area (Å²) in [6.45, 7) is 0. The van der Waals surface area contributed by atoms with Crippen molar-refractivity contribution in [3.05, 3.63) is 38.6 Å². The van der Waals surface area contributed by atoms with Gasteiger partial charge in [0.05, 0.1) is 4.92 Å². The van der Waals surface area contributed by atoms with Crippen molar-refractivity contribution >= 4 is 18.8 Å². The fraction of sp³-hybridized carbons (Fsp3) is 0. The molecule has 12 heteroatoms. The van der Waals surface area contributed by atoms with E-state index in [1.54, 1.807) is 0 Å². The van der Waals surface area contributed by atoms with Gasteiger partial charge in [0, 0.05) is 6.07 Å². The largest absolute Gasteiger partial charge is 0.673 e. The number of pyridine rings is 1. The summed E-state index contributed by atoms with van der Waals surface area (Å²) in [6.07, 6.45) is 0.717.